The van der Waals surface area contributed by atoms with Crippen molar-refractivity contribution >= 4 is 11.5 Å². The fourth-order valence-electron chi connectivity index (χ4n) is 2.31. The Morgan fingerprint density at radius 2 is 1.96 bits per heavy atom. The second-order valence-corrected chi connectivity index (χ2v) is 5.20. The summed E-state index contributed by atoms with van der Waals surface area (Å²) < 4.78 is 7.18. The molecule has 2 heterocycles. The van der Waals surface area contributed by atoms with E-state index < -0.39 is 0 Å². The summed E-state index contributed by atoms with van der Waals surface area (Å²) in [6.45, 7) is 2.32. The molecule has 0 bridgehead atoms. The lowest BCUT2D eigenvalue weighted by Gasteiger charge is -2.09. The number of nitriles is 1. The predicted octanol–water partition coefficient (Wildman–Crippen LogP) is 3.50. The summed E-state index contributed by atoms with van der Waals surface area (Å²) in [6.07, 6.45) is 3.80. The number of pyridine rings is 1. The predicted molar refractivity (Wildman–Crippen MR) is 92.0 cm³/mol. The van der Waals surface area contributed by atoms with Gasteiger partial charge in [-0.05, 0) is 36.8 Å². The summed E-state index contributed by atoms with van der Waals surface area (Å²) in [7, 11) is 1.89. The van der Waals surface area contributed by atoms with Gasteiger partial charge in [-0.1, -0.05) is 12.1 Å². The zero-order valence-electron chi connectivity index (χ0n) is 13.5. The Morgan fingerprint density at radius 1 is 1.17 bits per heavy atom. The maximum Gasteiger partial charge on any atom is 0.233 e. The third kappa shape index (κ3) is 3.36. The highest BCUT2D eigenvalue weighted by molar-refractivity contribution is 5.67. The lowest BCUT2D eigenvalue weighted by molar-refractivity contribution is 0.326. The summed E-state index contributed by atoms with van der Waals surface area (Å²) in [5.41, 5.74) is 3.49. The number of hydrogen-bond donors (Lipinski definition) is 1. The van der Waals surface area contributed by atoms with Gasteiger partial charge in [-0.15, -0.1) is 0 Å². The van der Waals surface area contributed by atoms with Crippen molar-refractivity contribution in [2.45, 2.75) is 6.92 Å². The first-order chi connectivity index (χ1) is 11.7. The maximum absolute atomic E-state index is 9.07. The molecule has 1 N–H and O–H groups in total. The summed E-state index contributed by atoms with van der Waals surface area (Å²) in [5, 5.41) is 16.5. The summed E-state index contributed by atoms with van der Waals surface area (Å²) in [6, 6.07) is 13.5. The van der Waals surface area contributed by atoms with Gasteiger partial charge in [-0.2, -0.15) is 15.3 Å². The molecule has 3 rings (SSSR count). The molecule has 6 heteroatoms. The van der Waals surface area contributed by atoms with Gasteiger partial charge in [-0.25, -0.2) is 0 Å². The molecule has 120 valence electrons. The Labute approximate surface area is 140 Å². The van der Waals surface area contributed by atoms with E-state index in [-0.39, 0.29) is 0 Å². The highest BCUT2D eigenvalue weighted by Gasteiger charge is 2.07. The van der Waals surface area contributed by atoms with Crippen molar-refractivity contribution in [2.75, 3.05) is 11.9 Å². The molecule has 0 amide bonds. The minimum absolute atomic E-state index is 0.344. The van der Waals surface area contributed by atoms with Crippen molar-refractivity contribution in [3.63, 3.8) is 0 Å². The molecule has 2 aromatic heterocycles. The molecule has 0 aliphatic heterocycles. The molecular formula is C18H17N5O. The smallest absolute Gasteiger partial charge is 0.233 e. The second-order valence-electron chi connectivity index (χ2n) is 5.20. The Bertz CT molecular complexity index is 877. The summed E-state index contributed by atoms with van der Waals surface area (Å²) >= 11 is 0. The summed E-state index contributed by atoms with van der Waals surface area (Å²) in [4.78, 5) is 4.34. The molecule has 0 aliphatic carbocycles. The van der Waals surface area contributed by atoms with E-state index in [1.807, 2.05) is 50.6 Å². The number of aryl methyl sites for hydroxylation is 1. The molecule has 24 heavy (non-hydrogen) atoms. The first-order valence-electron chi connectivity index (χ1n) is 7.59. The number of nitrogens with one attached hydrogen (secondary N) is 1. The molecule has 6 nitrogen and oxygen atoms in total. The van der Waals surface area contributed by atoms with Crippen LogP contribution >= 0.6 is 0 Å². The highest BCUT2D eigenvalue weighted by atomic mass is 16.5. The number of aromatic nitrogens is 3. The van der Waals surface area contributed by atoms with Gasteiger partial charge in [0.15, 0.2) is 0 Å². The molecule has 3 aromatic rings. The van der Waals surface area contributed by atoms with Crippen LogP contribution in [0, 0.1) is 11.3 Å². The number of benzene rings is 1. The quantitative estimate of drug-likeness (QED) is 0.779. The van der Waals surface area contributed by atoms with Gasteiger partial charge in [0.05, 0.1) is 12.8 Å². The SMILES string of the molecule is CCOc1nc(Nc2ccc(-c3cnn(C)c3)cc2)ccc1C#N. The average Bonchev–Trinajstić information content (AvgIpc) is 3.03. The number of rotatable bonds is 5. The zero-order chi connectivity index (χ0) is 16.9. The molecule has 0 atom stereocenters. The lowest BCUT2D eigenvalue weighted by Crippen LogP contribution is -2.00. The fourth-order valence-corrected chi connectivity index (χ4v) is 2.31. The van der Waals surface area contributed by atoms with Gasteiger partial charge in [0.25, 0.3) is 0 Å². The van der Waals surface area contributed by atoms with Gasteiger partial charge in [0.2, 0.25) is 5.88 Å². The van der Waals surface area contributed by atoms with Crippen molar-refractivity contribution in [3.8, 4) is 23.1 Å². The Balaban J connectivity index is 1.79. The Kier molecular flexibility index (Phi) is 4.43. The first kappa shape index (κ1) is 15.6. The molecule has 0 unspecified atom stereocenters. The van der Waals surface area contributed by atoms with Crippen LogP contribution in [0.2, 0.25) is 0 Å². The van der Waals surface area contributed by atoms with Gasteiger partial charge in [0, 0.05) is 24.5 Å². The van der Waals surface area contributed by atoms with Crippen LogP contribution in [0.3, 0.4) is 0 Å². The van der Waals surface area contributed by atoms with Crippen LogP contribution in [0.5, 0.6) is 5.88 Å². The monoisotopic (exact) mass is 319 g/mol. The molecule has 0 aliphatic rings. The van der Waals surface area contributed by atoms with E-state index in [2.05, 4.69) is 21.5 Å². The zero-order valence-corrected chi connectivity index (χ0v) is 13.5. The van der Waals surface area contributed by atoms with E-state index in [1.165, 1.54) is 0 Å². The molecule has 0 saturated carbocycles. The van der Waals surface area contributed by atoms with Crippen molar-refractivity contribution < 1.29 is 4.74 Å². The molecule has 0 saturated heterocycles. The Hall–Kier alpha value is -3.33. The summed E-state index contributed by atoms with van der Waals surface area (Å²) in [5.74, 6) is 0.976. The van der Waals surface area contributed by atoms with Crippen LogP contribution in [-0.2, 0) is 7.05 Å². The van der Waals surface area contributed by atoms with Crippen molar-refractivity contribution in [3.05, 3.63) is 54.4 Å². The lowest BCUT2D eigenvalue weighted by atomic mass is 10.1. The van der Waals surface area contributed by atoms with E-state index in [4.69, 9.17) is 10.00 Å². The van der Waals surface area contributed by atoms with Crippen LogP contribution in [0.1, 0.15) is 12.5 Å². The van der Waals surface area contributed by atoms with Gasteiger partial charge in [-0.3, -0.25) is 4.68 Å². The van der Waals surface area contributed by atoms with Crippen molar-refractivity contribution in [1.29, 1.82) is 5.26 Å². The number of ether oxygens (including phenoxy) is 1. The second kappa shape index (κ2) is 6.84. The van der Waals surface area contributed by atoms with Gasteiger partial charge in [0.1, 0.15) is 17.5 Å². The van der Waals surface area contributed by atoms with E-state index in [1.54, 1.807) is 16.8 Å². The fraction of sp³-hybridized carbons (Fsp3) is 0.167. The topological polar surface area (TPSA) is 75.8 Å². The Morgan fingerprint density at radius 3 is 2.58 bits per heavy atom. The minimum atomic E-state index is 0.344. The van der Waals surface area contributed by atoms with Crippen molar-refractivity contribution in [1.82, 2.24) is 14.8 Å². The highest BCUT2D eigenvalue weighted by Crippen LogP contribution is 2.24. The minimum Gasteiger partial charge on any atom is -0.477 e. The van der Waals surface area contributed by atoms with Crippen LogP contribution in [0.25, 0.3) is 11.1 Å². The van der Waals surface area contributed by atoms with Crippen LogP contribution < -0.4 is 10.1 Å². The maximum atomic E-state index is 9.07. The third-order valence-corrected chi connectivity index (χ3v) is 3.46. The van der Waals surface area contributed by atoms with E-state index in [9.17, 15) is 0 Å². The number of nitrogens with zero attached hydrogens (tertiary/aromatic N) is 4. The van der Waals surface area contributed by atoms with Crippen LogP contribution in [0.4, 0.5) is 11.5 Å². The largest absolute Gasteiger partial charge is 0.477 e. The molecular weight excluding hydrogens is 302 g/mol. The number of hydrogen-bond acceptors (Lipinski definition) is 5. The molecule has 0 fully saturated rings. The first-order valence-corrected chi connectivity index (χ1v) is 7.59. The van der Waals surface area contributed by atoms with Crippen LogP contribution in [0.15, 0.2) is 48.8 Å². The van der Waals surface area contributed by atoms with Gasteiger partial charge >= 0.3 is 0 Å². The normalized spacial score (nSPS) is 10.2. The third-order valence-electron chi connectivity index (χ3n) is 3.46. The van der Waals surface area contributed by atoms with Crippen LogP contribution in [-0.4, -0.2) is 21.4 Å². The van der Waals surface area contributed by atoms with E-state index >= 15 is 0 Å². The standard InChI is InChI=1S/C18H17N5O/c1-3-24-18-14(10-19)6-9-17(22-18)21-16-7-4-13(5-8-16)15-11-20-23(2)12-15/h4-9,11-12H,3H2,1-2H3,(H,21,22). The molecule has 1 aromatic carbocycles. The average molecular weight is 319 g/mol. The molecule has 0 radical (unpaired) electrons. The van der Waals surface area contributed by atoms with E-state index in [0.717, 1.165) is 16.8 Å². The van der Waals surface area contributed by atoms with Crippen molar-refractivity contribution in [2.24, 2.45) is 7.05 Å². The number of anilines is 2. The molecule has 0 spiro atoms. The van der Waals surface area contributed by atoms with Gasteiger partial charge < -0.3 is 10.1 Å². The van der Waals surface area contributed by atoms with E-state index in [0.29, 0.717) is 23.9 Å².